The van der Waals surface area contributed by atoms with Crippen molar-refractivity contribution in [3.05, 3.63) is 47.5 Å². The minimum Gasteiger partial charge on any atom is -0.451 e. The van der Waals surface area contributed by atoms with Gasteiger partial charge in [0.25, 0.3) is 0 Å². The molecule has 0 spiro atoms. The fraction of sp³-hybridized carbons (Fsp3) is 0.550. The van der Waals surface area contributed by atoms with Crippen molar-refractivity contribution in [3.63, 3.8) is 0 Å². The van der Waals surface area contributed by atoms with Crippen molar-refractivity contribution in [2.75, 3.05) is 0 Å². The molecule has 0 N–H and O–H groups in total. The molecule has 0 radical (unpaired) electrons. The summed E-state index contributed by atoms with van der Waals surface area (Å²) in [6.45, 7) is 5.53. The van der Waals surface area contributed by atoms with Crippen LogP contribution in [-0.4, -0.2) is 5.97 Å². The van der Waals surface area contributed by atoms with E-state index < -0.39 is 5.60 Å². The van der Waals surface area contributed by atoms with E-state index in [0.29, 0.717) is 11.5 Å². The predicted molar refractivity (Wildman–Crippen MR) is 88.5 cm³/mol. The van der Waals surface area contributed by atoms with Crippen LogP contribution in [0.15, 0.2) is 36.4 Å². The first-order valence-corrected chi connectivity index (χ1v) is 8.61. The van der Waals surface area contributed by atoms with Gasteiger partial charge in [0.2, 0.25) is 0 Å². The second kappa shape index (κ2) is 6.28. The third-order valence-corrected chi connectivity index (χ3v) is 5.36. The maximum Gasteiger partial charge on any atom is 0.334 e. The zero-order valence-electron chi connectivity index (χ0n) is 13.6. The summed E-state index contributed by atoms with van der Waals surface area (Å²) in [5.41, 5.74) is 2.69. The number of esters is 1. The first-order valence-electron chi connectivity index (χ1n) is 8.61. The molecule has 0 bridgehead atoms. The largest absolute Gasteiger partial charge is 0.451 e. The first-order chi connectivity index (χ1) is 10.6. The maximum atomic E-state index is 12.4. The van der Waals surface area contributed by atoms with Crippen LogP contribution in [0.2, 0.25) is 0 Å². The number of aryl methyl sites for hydroxylation is 1. The second-order valence-corrected chi connectivity index (χ2v) is 6.90. The third-order valence-electron chi connectivity index (χ3n) is 5.36. The van der Waals surface area contributed by atoms with Gasteiger partial charge in [-0.2, -0.15) is 0 Å². The van der Waals surface area contributed by atoms with Gasteiger partial charge >= 0.3 is 5.97 Å². The van der Waals surface area contributed by atoms with Gasteiger partial charge in [-0.3, -0.25) is 0 Å². The summed E-state index contributed by atoms with van der Waals surface area (Å²) in [5, 5.41) is 0. The van der Waals surface area contributed by atoms with Crippen molar-refractivity contribution >= 4 is 5.97 Å². The van der Waals surface area contributed by atoms with Gasteiger partial charge in [-0.25, -0.2) is 4.79 Å². The summed E-state index contributed by atoms with van der Waals surface area (Å²) >= 11 is 0. The highest BCUT2D eigenvalue weighted by molar-refractivity contribution is 5.87. The normalized spacial score (nSPS) is 25.3. The second-order valence-electron chi connectivity index (χ2n) is 6.90. The van der Waals surface area contributed by atoms with E-state index in [4.69, 9.17) is 4.74 Å². The van der Waals surface area contributed by atoms with Crippen molar-refractivity contribution in [1.29, 1.82) is 0 Å². The van der Waals surface area contributed by atoms with Crippen LogP contribution in [0.4, 0.5) is 0 Å². The van der Waals surface area contributed by atoms with Gasteiger partial charge < -0.3 is 4.74 Å². The van der Waals surface area contributed by atoms with Crippen LogP contribution in [0.25, 0.3) is 0 Å². The van der Waals surface area contributed by atoms with Crippen LogP contribution in [0.1, 0.15) is 63.0 Å². The van der Waals surface area contributed by atoms with E-state index in [9.17, 15) is 4.79 Å². The molecule has 1 saturated carbocycles. The van der Waals surface area contributed by atoms with E-state index in [1.54, 1.807) is 6.92 Å². The molecule has 1 aromatic carbocycles. The molecule has 2 aliphatic carbocycles. The highest BCUT2D eigenvalue weighted by atomic mass is 16.6. The molecule has 0 saturated heterocycles. The Kier molecular flexibility index (Phi) is 4.37. The molecule has 0 heterocycles. The molecular weight excluding hydrogens is 272 g/mol. The maximum absolute atomic E-state index is 12.4. The number of hydrogen-bond donors (Lipinski definition) is 0. The molecule has 2 nitrogen and oxygen atoms in total. The Morgan fingerprint density at radius 1 is 1.18 bits per heavy atom. The monoisotopic (exact) mass is 298 g/mol. The fourth-order valence-corrected chi connectivity index (χ4v) is 4.25. The number of carbonyl (C=O) groups excluding carboxylic acids is 1. The number of rotatable bonds is 3. The summed E-state index contributed by atoms with van der Waals surface area (Å²) in [7, 11) is 0. The molecule has 2 heteroatoms. The number of hydrogen-bond acceptors (Lipinski definition) is 2. The standard InChI is InChI=1S/C20H26O2/c1-15(2)19(21)22-20(17-11-4-5-12-17)14-8-7-10-16-9-3-6-13-18(16)20/h3,6,9,13,17H,1,4-5,7-8,10-12,14H2,2H3. The van der Waals surface area contributed by atoms with E-state index in [1.807, 2.05) is 0 Å². The predicted octanol–water partition coefficient (Wildman–Crippen LogP) is 4.92. The van der Waals surface area contributed by atoms with Gasteiger partial charge in [0.1, 0.15) is 5.60 Å². The molecule has 3 rings (SSSR count). The molecular formula is C20H26O2. The number of fused-ring (bicyclic) bond motifs is 1. The van der Waals surface area contributed by atoms with Crippen LogP contribution in [0.5, 0.6) is 0 Å². The lowest BCUT2D eigenvalue weighted by Crippen LogP contribution is -2.39. The number of benzene rings is 1. The lowest BCUT2D eigenvalue weighted by molar-refractivity contribution is -0.164. The highest BCUT2D eigenvalue weighted by Gasteiger charge is 2.46. The van der Waals surface area contributed by atoms with E-state index in [-0.39, 0.29) is 5.97 Å². The van der Waals surface area contributed by atoms with Gasteiger partial charge in [0, 0.05) is 11.5 Å². The average molecular weight is 298 g/mol. The lowest BCUT2D eigenvalue weighted by Gasteiger charge is -2.39. The molecule has 1 atom stereocenters. The Hall–Kier alpha value is -1.57. The fourth-order valence-electron chi connectivity index (χ4n) is 4.25. The number of carbonyl (C=O) groups is 1. The summed E-state index contributed by atoms with van der Waals surface area (Å²) in [5.74, 6) is 0.221. The topological polar surface area (TPSA) is 26.3 Å². The number of ether oxygens (including phenoxy) is 1. The first kappa shape index (κ1) is 15.3. The van der Waals surface area contributed by atoms with Crippen molar-refractivity contribution < 1.29 is 9.53 Å². The van der Waals surface area contributed by atoms with E-state index in [0.717, 1.165) is 32.1 Å². The van der Waals surface area contributed by atoms with E-state index >= 15 is 0 Å². The minimum atomic E-state index is -0.431. The zero-order chi connectivity index (χ0) is 15.6. The summed E-state index contributed by atoms with van der Waals surface area (Å²) in [6, 6.07) is 8.58. The molecule has 1 aromatic rings. The molecule has 0 aromatic heterocycles. The van der Waals surface area contributed by atoms with E-state index in [2.05, 4.69) is 30.8 Å². The summed E-state index contributed by atoms with van der Waals surface area (Å²) < 4.78 is 6.19. The molecule has 118 valence electrons. The van der Waals surface area contributed by atoms with Gasteiger partial charge in [-0.05, 0) is 56.6 Å². The van der Waals surface area contributed by atoms with Crippen molar-refractivity contribution in [2.24, 2.45) is 5.92 Å². The lowest BCUT2D eigenvalue weighted by atomic mass is 9.76. The van der Waals surface area contributed by atoms with Gasteiger partial charge in [0.05, 0.1) is 0 Å². The van der Waals surface area contributed by atoms with Crippen LogP contribution in [-0.2, 0) is 21.6 Å². The zero-order valence-corrected chi connectivity index (χ0v) is 13.6. The van der Waals surface area contributed by atoms with Crippen LogP contribution in [0, 0.1) is 5.92 Å². The highest BCUT2D eigenvalue weighted by Crippen LogP contribution is 2.49. The van der Waals surface area contributed by atoms with Crippen molar-refractivity contribution in [2.45, 2.75) is 63.9 Å². The third kappa shape index (κ3) is 2.71. The van der Waals surface area contributed by atoms with Gasteiger partial charge in [-0.1, -0.05) is 43.7 Å². The van der Waals surface area contributed by atoms with Gasteiger partial charge in [0.15, 0.2) is 0 Å². The molecule has 0 amide bonds. The van der Waals surface area contributed by atoms with E-state index in [1.165, 1.54) is 30.4 Å². The van der Waals surface area contributed by atoms with Crippen molar-refractivity contribution in [3.8, 4) is 0 Å². The molecule has 2 aliphatic rings. The Balaban J connectivity index is 2.07. The average Bonchev–Trinajstić information content (AvgIpc) is 2.99. The molecule has 1 fully saturated rings. The van der Waals surface area contributed by atoms with Gasteiger partial charge in [-0.15, -0.1) is 0 Å². The summed E-state index contributed by atoms with van der Waals surface area (Å²) in [6.07, 6.45) is 9.17. The smallest absolute Gasteiger partial charge is 0.334 e. The summed E-state index contributed by atoms with van der Waals surface area (Å²) in [4.78, 5) is 12.4. The quantitative estimate of drug-likeness (QED) is 0.450. The minimum absolute atomic E-state index is 0.233. The van der Waals surface area contributed by atoms with Crippen LogP contribution < -0.4 is 0 Å². The van der Waals surface area contributed by atoms with Crippen LogP contribution in [0.3, 0.4) is 0 Å². The molecule has 1 unspecified atom stereocenters. The molecule has 22 heavy (non-hydrogen) atoms. The molecule has 0 aliphatic heterocycles. The van der Waals surface area contributed by atoms with Crippen LogP contribution >= 0.6 is 0 Å². The Morgan fingerprint density at radius 3 is 2.64 bits per heavy atom. The van der Waals surface area contributed by atoms with Crippen molar-refractivity contribution in [1.82, 2.24) is 0 Å². The SMILES string of the molecule is C=C(C)C(=O)OC1(C2CCCC2)CCCCc2ccccc21. The Morgan fingerprint density at radius 2 is 1.91 bits per heavy atom. The Bertz CT molecular complexity index is 569. The Labute approximate surface area is 133 Å².